The van der Waals surface area contributed by atoms with Gasteiger partial charge < -0.3 is 15.7 Å². The number of likely N-dealkylation sites (tertiary alicyclic amines) is 1. The van der Waals surface area contributed by atoms with E-state index in [0.717, 1.165) is 18.5 Å². The molecule has 1 aliphatic heterocycles. The fourth-order valence-electron chi connectivity index (χ4n) is 2.56. The fourth-order valence-corrected chi connectivity index (χ4v) is 2.56. The lowest BCUT2D eigenvalue weighted by Gasteiger charge is -2.31. The van der Waals surface area contributed by atoms with Crippen molar-refractivity contribution in [2.75, 3.05) is 25.4 Å². The number of hydrogen-bond acceptors (Lipinski definition) is 4. The molecule has 0 unspecified atom stereocenters. The van der Waals surface area contributed by atoms with Gasteiger partial charge in [-0.25, -0.2) is 4.98 Å². The number of carbonyl (C=O) groups is 1. The van der Waals surface area contributed by atoms with E-state index >= 15 is 0 Å². The molecule has 0 saturated carbocycles. The van der Waals surface area contributed by atoms with Crippen molar-refractivity contribution >= 4 is 11.7 Å². The van der Waals surface area contributed by atoms with E-state index in [2.05, 4.69) is 25.8 Å². The van der Waals surface area contributed by atoms with E-state index in [1.165, 1.54) is 0 Å². The number of nitrogens with zero attached hydrogens (tertiary/aromatic N) is 2. The maximum Gasteiger partial charge on any atom is 0.254 e. The molecule has 21 heavy (non-hydrogen) atoms. The zero-order valence-corrected chi connectivity index (χ0v) is 13.1. The molecule has 0 atom stereocenters. The molecule has 116 valence electrons. The minimum atomic E-state index is -0.145. The lowest BCUT2D eigenvalue weighted by molar-refractivity contribution is 0.0650. The van der Waals surface area contributed by atoms with Crippen molar-refractivity contribution in [3.63, 3.8) is 0 Å². The lowest BCUT2D eigenvalue weighted by atomic mass is 9.90. The van der Waals surface area contributed by atoms with E-state index in [1.807, 2.05) is 11.0 Å². The molecule has 3 N–H and O–H groups in total. The summed E-state index contributed by atoms with van der Waals surface area (Å²) >= 11 is 0. The highest BCUT2D eigenvalue weighted by molar-refractivity contribution is 5.95. The van der Waals surface area contributed by atoms with Crippen LogP contribution < -0.4 is 5.73 Å². The topological polar surface area (TPSA) is 79.5 Å². The van der Waals surface area contributed by atoms with E-state index in [9.17, 15) is 4.79 Å². The molecule has 1 aromatic heterocycles. The fraction of sp³-hybridized carbons (Fsp3) is 0.625. The number of nitrogens with two attached hydrogens (primary N) is 1. The van der Waals surface area contributed by atoms with Crippen molar-refractivity contribution in [3.05, 3.63) is 23.4 Å². The summed E-state index contributed by atoms with van der Waals surface area (Å²) in [5.74, 6) is 0.712. The molecule has 1 aromatic rings. The molecule has 2 heterocycles. The summed E-state index contributed by atoms with van der Waals surface area (Å²) in [6.07, 6.45) is 1.71. The van der Waals surface area contributed by atoms with Crippen molar-refractivity contribution in [1.82, 2.24) is 9.88 Å². The quantitative estimate of drug-likeness (QED) is 0.871. The smallest absolute Gasteiger partial charge is 0.254 e. The average molecular weight is 291 g/mol. The number of nitrogen functional groups attached to an aromatic ring is 1. The Kier molecular flexibility index (Phi) is 4.52. The van der Waals surface area contributed by atoms with Crippen LogP contribution in [-0.2, 0) is 5.41 Å². The molecule has 5 nitrogen and oxygen atoms in total. The number of pyridine rings is 1. The van der Waals surface area contributed by atoms with Crippen LogP contribution in [-0.4, -0.2) is 40.6 Å². The van der Waals surface area contributed by atoms with Gasteiger partial charge in [-0.3, -0.25) is 4.79 Å². The Morgan fingerprint density at radius 2 is 2.00 bits per heavy atom. The van der Waals surface area contributed by atoms with E-state index in [1.54, 1.807) is 6.07 Å². The van der Waals surface area contributed by atoms with Crippen molar-refractivity contribution in [2.24, 2.45) is 5.92 Å². The summed E-state index contributed by atoms with van der Waals surface area (Å²) in [6.45, 7) is 7.74. The van der Waals surface area contributed by atoms with Crippen LogP contribution in [0.4, 0.5) is 5.82 Å². The SMILES string of the molecule is CC(C)(C)c1cc(C(=O)N2CCC(CO)CC2)cc(N)n1. The van der Waals surface area contributed by atoms with E-state index in [-0.39, 0.29) is 17.9 Å². The van der Waals surface area contributed by atoms with Crippen molar-refractivity contribution < 1.29 is 9.90 Å². The lowest BCUT2D eigenvalue weighted by Crippen LogP contribution is -2.39. The Bertz CT molecular complexity index is 515. The standard InChI is InChI=1S/C16H25N3O2/c1-16(2,3)13-8-12(9-14(17)18-13)15(21)19-6-4-11(10-20)5-7-19/h8-9,11,20H,4-7,10H2,1-3H3,(H2,17,18). The Hall–Kier alpha value is -1.62. The number of aromatic nitrogens is 1. The zero-order chi connectivity index (χ0) is 15.6. The van der Waals surface area contributed by atoms with Crippen molar-refractivity contribution in [1.29, 1.82) is 0 Å². The minimum absolute atomic E-state index is 0.00555. The van der Waals surface area contributed by atoms with Crippen LogP contribution in [0.5, 0.6) is 0 Å². The number of carbonyl (C=O) groups excluding carboxylic acids is 1. The molecular formula is C16H25N3O2. The van der Waals surface area contributed by atoms with Gasteiger partial charge in [-0.15, -0.1) is 0 Å². The Balaban J connectivity index is 2.18. The van der Waals surface area contributed by atoms with Crippen LogP contribution in [0.3, 0.4) is 0 Å². The third-order valence-corrected chi connectivity index (χ3v) is 4.02. The third-order valence-electron chi connectivity index (χ3n) is 4.02. The summed E-state index contributed by atoms with van der Waals surface area (Å²) in [7, 11) is 0. The predicted molar refractivity (Wildman–Crippen MR) is 83.1 cm³/mol. The summed E-state index contributed by atoms with van der Waals surface area (Å²) in [6, 6.07) is 3.49. The van der Waals surface area contributed by atoms with Gasteiger partial charge in [0.15, 0.2) is 0 Å². The van der Waals surface area contributed by atoms with Gasteiger partial charge in [0.2, 0.25) is 0 Å². The van der Waals surface area contributed by atoms with Gasteiger partial charge in [0, 0.05) is 36.4 Å². The molecule has 1 saturated heterocycles. The highest BCUT2D eigenvalue weighted by Gasteiger charge is 2.25. The van der Waals surface area contributed by atoms with Gasteiger partial charge in [-0.05, 0) is 30.9 Å². The zero-order valence-electron chi connectivity index (χ0n) is 13.1. The van der Waals surface area contributed by atoms with Gasteiger partial charge >= 0.3 is 0 Å². The number of hydrogen-bond donors (Lipinski definition) is 2. The maximum atomic E-state index is 12.6. The van der Waals surface area contributed by atoms with E-state index < -0.39 is 0 Å². The molecule has 0 aliphatic carbocycles. The van der Waals surface area contributed by atoms with Crippen LogP contribution in [0.2, 0.25) is 0 Å². The molecule has 1 aliphatic rings. The summed E-state index contributed by atoms with van der Waals surface area (Å²) in [5, 5.41) is 9.17. The number of piperidine rings is 1. The van der Waals surface area contributed by atoms with Gasteiger partial charge in [0.25, 0.3) is 5.91 Å². The van der Waals surface area contributed by atoms with E-state index in [4.69, 9.17) is 10.8 Å². The van der Waals surface area contributed by atoms with Crippen LogP contribution in [0.1, 0.15) is 49.7 Å². The normalized spacial score (nSPS) is 17.0. The van der Waals surface area contributed by atoms with Crippen molar-refractivity contribution in [2.45, 2.75) is 39.0 Å². The molecule has 0 bridgehead atoms. The first-order valence-electron chi connectivity index (χ1n) is 7.49. The average Bonchev–Trinajstić information content (AvgIpc) is 2.45. The summed E-state index contributed by atoms with van der Waals surface area (Å²) in [4.78, 5) is 18.8. The second-order valence-electron chi connectivity index (χ2n) is 6.83. The van der Waals surface area contributed by atoms with E-state index in [0.29, 0.717) is 30.4 Å². The molecular weight excluding hydrogens is 266 g/mol. The minimum Gasteiger partial charge on any atom is -0.396 e. The molecule has 1 amide bonds. The van der Waals surface area contributed by atoms with Crippen LogP contribution in [0.25, 0.3) is 0 Å². The number of anilines is 1. The third kappa shape index (κ3) is 3.73. The highest BCUT2D eigenvalue weighted by Crippen LogP contribution is 2.24. The molecule has 0 radical (unpaired) electrons. The van der Waals surface area contributed by atoms with Gasteiger partial charge in [-0.2, -0.15) is 0 Å². The first-order valence-corrected chi connectivity index (χ1v) is 7.49. The largest absolute Gasteiger partial charge is 0.396 e. The molecule has 1 fully saturated rings. The van der Waals surface area contributed by atoms with Crippen molar-refractivity contribution in [3.8, 4) is 0 Å². The monoisotopic (exact) mass is 291 g/mol. The summed E-state index contributed by atoms with van der Waals surface area (Å²) < 4.78 is 0. The first-order chi connectivity index (χ1) is 9.81. The number of aliphatic hydroxyl groups excluding tert-OH is 1. The second kappa shape index (κ2) is 6.02. The van der Waals surface area contributed by atoms with Gasteiger partial charge in [-0.1, -0.05) is 20.8 Å². The molecule has 0 spiro atoms. The predicted octanol–water partition coefficient (Wildman–Crippen LogP) is 1.81. The highest BCUT2D eigenvalue weighted by atomic mass is 16.3. The Labute approximate surface area is 126 Å². The first kappa shape index (κ1) is 15.8. The van der Waals surface area contributed by atoms with Gasteiger partial charge in [0.1, 0.15) is 5.82 Å². The Morgan fingerprint density at radius 1 is 1.38 bits per heavy atom. The van der Waals surface area contributed by atoms with Crippen LogP contribution in [0.15, 0.2) is 12.1 Å². The number of rotatable bonds is 2. The maximum absolute atomic E-state index is 12.6. The number of aliphatic hydroxyl groups is 1. The molecule has 2 rings (SSSR count). The van der Waals surface area contributed by atoms with Crippen LogP contribution >= 0.6 is 0 Å². The Morgan fingerprint density at radius 3 is 2.52 bits per heavy atom. The summed E-state index contributed by atoms with van der Waals surface area (Å²) in [5.41, 5.74) is 7.14. The van der Waals surface area contributed by atoms with Gasteiger partial charge in [0.05, 0.1) is 0 Å². The molecule has 5 heteroatoms. The number of amides is 1. The molecule has 0 aromatic carbocycles. The van der Waals surface area contributed by atoms with Crippen LogP contribution in [0, 0.1) is 5.92 Å². The second-order valence-corrected chi connectivity index (χ2v) is 6.83.